The van der Waals surface area contributed by atoms with E-state index in [1.807, 2.05) is 31.2 Å². The van der Waals surface area contributed by atoms with Crippen LogP contribution in [0.25, 0.3) is 0 Å². The van der Waals surface area contributed by atoms with Crippen molar-refractivity contribution in [3.05, 3.63) is 83.9 Å². The molecule has 6 nitrogen and oxygen atoms in total. The Labute approximate surface area is 169 Å². The molecule has 3 aromatic rings. The van der Waals surface area contributed by atoms with Crippen molar-refractivity contribution in [1.82, 2.24) is 0 Å². The summed E-state index contributed by atoms with van der Waals surface area (Å²) in [5, 5.41) is 5.58. The van der Waals surface area contributed by atoms with Crippen molar-refractivity contribution in [2.75, 3.05) is 24.4 Å². The molecular weight excluding hydrogens is 368 g/mol. The molecule has 0 aliphatic carbocycles. The molecular formula is C23H22N2O4. The fourth-order valence-electron chi connectivity index (χ4n) is 2.65. The number of carbonyl (C=O) groups is 2. The summed E-state index contributed by atoms with van der Waals surface area (Å²) >= 11 is 0. The Hall–Kier alpha value is -3.80. The van der Waals surface area contributed by atoms with Gasteiger partial charge in [0.2, 0.25) is 0 Å². The average molecular weight is 390 g/mol. The Morgan fingerprint density at radius 1 is 0.828 bits per heavy atom. The summed E-state index contributed by atoms with van der Waals surface area (Å²) in [5.74, 6) is 0.514. The second-order valence-corrected chi connectivity index (χ2v) is 6.38. The van der Waals surface area contributed by atoms with E-state index in [1.165, 1.54) is 7.11 Å². The molecule has 0 saturated carbocycles. The van der Waals surface area contributed by atoms with Crippen LogP contribution in [0.5, 0.6) is 11.5 Å². The first-order valence-electron chi connectivity index (χ1n) is 9.09. The van der Waals surface area contributed by atoms with Gasteiger partial charge in [0.15, 0.2) is 6.61 Å². The molecule has 29 heavy (non-hydrogen) atoms. The zero-order chi connectivity index (χ0) is 20.6. The number of aryl methyl sites for hydroxylation is 1. The summed E-state index contributed by atoms with van der Waals surface area (Å²) in [6, 6.07) is 21.3. The van der Waals surface area contributed by atoms with E-state index in [4.69, 9.17) is 9.47 Å². The SMILES string of the molecule is COc1ccccc1C(=O)Nc1ccc(OCC(=O)Nc2ccc(C)cc2)cc1. The quantitative estimate of drug-likeness (QED) is 0.632. The predicted octanol–water partition coefficient (Wildman–Crippen LogP) is 4.27. The number of benzene rings is 3. The largest absolute Gasteiger partial charge is 0.496 e. The zero-order valence-electron chi connectivity index (χ0n) is 16.3. The van der Waals surface area contributed by atoms with Crippen molar-refractivity contribution in [2.24, 2.45) is 0 Å². The molecule has 0 aromatic heterocycles. The van der Waals surface area contributed by atoms with Crippen molar-refractivity contribution >= 4 is 23.2 Å². The molecule has 0 bridgehead atoms. The van der Waals surface area contributed by atoms with Crippen LogP contribution in [-0.4, -0.2) is 25.5 Å². The zero-order valence-corrected chi connectivity index (χ0v) is 16.3. The summed E-state index contributed by atoms with van der Waals surface area (Å²) in [7, 11) is 1.52. The normalized spacial score (nSPS) is 10.1. The van der Waals surface area contributed by atoms with Gasteiger partial charge >= 0.3 is 0 Å². The minimum atomic E-state index is -0.270. The fourth-order valence-corrected chi connectivity index (χ4v) is 2.65. The van der Waals surface area contributed by atoms with E-state index in [0.29, 0.717) is 22.7 Å². The number of amides is 2. The van der Waals surface area contributed by atoms with Gasteiger partial charge in [0.25, 0.3) is 11.8 Å². The maximum absolute atomic E-state index is 12.4. The van der Waals surface area contributed by atoms with Crippen molar-refractivity contribution in [2.45, 2.75) is 6.92 Å². The van der Waals surface area contributed by atoms with Crippen molar-refractivity contribution < 1.29 is 19.1 Å². The highest BCUT2D eigenvalue weighted by Crippen LogP contribution is 2.21. The fraction of sp³-hybridized carbons (Fsp3) is 0.130. The highest BCUT2D eigenvalue weighted by Gasteiger charge is 2.11. The third-order valence-corrected chi connectivity index (χ3v) is 4.17. The molecule has 0 spiro atoms. The van der Waals surface area contributed by atoms with Gasteiger partial charge in [0.1, 0.15) is 11.5 Å². The first-order chi connectivity index (χ1) is 14.0. The lowest BCUT2D eigenvalue weighted by atomic mass is 10.2. The molecule has 148 valence electrons. The Bertz CT molecular complexity index is 983. The van der Waals surface area contributed by atoms with Crippen LogP contribution in [0.4, 0.5) is 11.4 Å². The lowest BCUT2D eigenvalue weighted by Gasteiger charge is -2.10. The molecule has 3 aromatic carbocycles. The molecule has 6 heteroatoms. The number of ether oxygens (including phenoxy) is 2. The minimum absolute atomic E-state index is 0.110. The smallest absolute Gasteiger partial charge is 0.262 e. The first-order valence-corrected chi connectivity index (χ1v) is 9.09. The van der Waals surface area contributed by atoms with E-state index >= 15 is 0 Å². The number of para-hydroxylation sites is 1. The van der Waals surface area contributed by atoms with Crippen LogP contribution >= 0.6 is 0 Å². The monoisotopic (exact) mass is 390 g/mol. The van der Waals surface area contributed by atoms with E-state index in [1.54, 1.807) is 48.5 Å². The summed E-state index contributed by atoms with van der Waals surface area (Å²) < 4.78 is 10.7. The number of carbonyl (C=O) groups excluding carboxylic acids is 2. The Morgan fingerprint density at radius 2 is 1.45 bits per heavy atom. The van der Waals surface area contributed by atoms with Crippen LogP contribution in [0.2, 0.25) is 0 Å². The van der Waals surface area contributed by atoms with Gasteiger partial charge in [0.05, 0.1) is 12.7 Å². The number of hydrogen-bond acceptors (Lipinski definition) is 4. The number of rotatable bonds is 7. The van der Waals surface area contributed by atoms with Crippen molar-refractivity contribution in [3.63, 3.8) is 0 Å². The summed E-state index contributed by atoms with van der Waals surface area (Å²) in [5.41, 5.74) is 2.90. The number of methoxy groups -OCH3 is 1. The molecule has 0 aliphatic heterocycles. The highest BCUT2D eigenvalue weighted by molar-refractivity contribution is 6.06. The minimum Gasteiger partial charge on any atom is -0.496 e. The van der Waals surface area contributed by atoms with Gasteiger partial charge in [-0.1, -0.05) is 29.8 Å². The van der Waals surface area contributed by atoms with Crippen LogP contribution in [0.1, 0.15) is 15.9 Å². The van der Waals surface area contributed by atoms with Gasteiger partial charge < -0.3 is 20.1 Å². The van der Waals surface area contributed by atoms with Crippen LogP contribution < -0.4 is 20.1 Å². The molecule has 2 N–H and O–H groups in total. The lowest BCUT2D eigenvalue weighted by molar-refractivity contribution is -0.118. The summed E-state index contributed by atoms with van der Waals surface area (Å²) in [4.78, 5) is 24.4. The van der Waals surface area contributed by atoms with Gasteiger partial charge in [-0.15, -0.1) is 0 Å². The van der Waals surface area contributed by atoms with Crippen LogP contribution in [0.15, 0.2) is 72.8 Å². The number of nitrogens with one attached hydrogen (secondary N) is 2. The molecule has 0 aliphatic rings. The molecule has 0 radical (unpaired) electrons. The maximum Gasteiger partial charge on any atom is 0.262 e. The van der Waals surface area contributed by atoms with Crippen LogP contribution in [0, 0.1) is 6.92 Å². The maximum atomic E-state index is 12.4. The Balaban J connectivity index is 1.52. The van der Waals surface area contributed by atoms with Gasteiger partial charge in [-0.05, 0) is 55.5 Å². The average Bonchev–Trinajstić information content (AvgIpc) is 2.75. The lowest BCUT2D eigenvalue weighted by Crippen LogP contribution is -2.20. The third-order valence-electron chi connectivity index (χ3n) is 4.17. The Kier molecular flexibility index (Phi) is 6.47. The van der Waals surface area contributed by atoms with Crippen molar-refractivity contribution in [3.8, 4) is 11.5 Å². The van der Waals surface area contributed by atoms with E-state index in [0.717, 1.165) is 11.3 Å². The molecule has 0 unspecified atom stereocenters. The number of anilines is 2. The second kappa shape index (κ2) is 9.41. The number of hydrogen-bond donors (Lipinski definition) is 2. The van der Waals surface area contributed by atoms with Gasteiger partial charge in [-0.2, -0.15) is 0 Å². The Morgan fingerprint density at radius 3 is 2.14 bits per heavy atom. The summed E-state index contributed by atoms with van der Waals surface area (Å²) in [6.07, 6.45) is 0. The van der Waals surface area contributed by atoms with Gasteiger partial charge in [0, 0.05) is 11.4 Å². The molecule has 0 saturated heterocycles. The second-order valence-electron chi connectivity index (χ2n) is 6.38. The van der Waals surface area contributed by atoms with E-state index in [9.17, 15) is 9.59 Å². The predicted molar refractivity (Wildman–Crippen MR) is 113 cm³/mol. The van der Waals surface area contributed by atoms with E-state index in [2.05, 4.69) is 10.6 Å². The molecule has 0 fully saturated rings. The highest BCUT2D eigenvalue weighted by atomic mass is 16.5. The molecule has 2 amide bonds. The van der Waals surface area contributed by atoms with Crippen LogP contribution in [0.3, 0.4) is 0 Å². The molecule has 0 atom stereocenters. The molecule has 0 heterocycles. The summed E-state index contributed by atoms with van der Waals surface area (Å²) in [6.45, 7) is 1.87. The van der Waals surface area contributed by atoms with Gasteiger partial charge in [-0.3, -0.25) is 9.59 Å². The van der Waals surface area contributed by atoms with Gasteiger partial charge in [-0.25, -0.2) is 0 Å². The van der Waals surface area contributed by atoms with E-state index in [-0.39, 0.29) is 18.4 Å². The third kappa shape index (κ3) is 5.59. The van der Waals surface area contributed by atoms with Crippen LogP contribution in [-0.2, 0) is 4.79 Å². The molecule has 3 rings (SSSR count). The first kappa shape index (κ1) is 19.9. The topological polar surface area (TPSA) is 76.7 Å². The standard InChI is InChI=1S/C23H22N2O4/c1-16-7-9-17(10-8-16)24-22(26)15-29-19-13-11-18(12-14-19)25-23(27)20-5-3-4-6-21(20)28-2/h3-14H,15H2,1-2H3,(H,24,26)(H,25,27). The van der Waals surface area contributed by atoms with Crippen molar-refractivity contribution in [1.29, 1.82) is 0 Å². The van der Waals surface area contributed by atoms with E-state index < -0.39 is 0 Å².